The van der Waals surface area contributed by atoms with Crippen molar-refractivity contribution in [3.63, 3.8) is 0 Å². The molecule has 1 aliphatic rings. The minimum Gasteiger partial charge on any atom is -0.397 e. The summed E-state index contributed by atoms with van der Waals surface area (Å²) in [7, 11) is 1.93. The highest BCUT2D eigenvalue weighted by Crippen LogP contribution is 2.28. The third kappa shape index (κ3) is 5.02. The van der Waals surface area contributed by atoms with Crippen LogP contribution < -0.4 is 11.1 Å². The molecule has 1 atom stereocenters. The molecule has 0 aromatic heterocycles. The zero-order valence-electron chi connectivity index (χ0n) is 12.8. The largest absolute Gasteiger partial charge is 0.397 e. The molecule has 1 saturated carbocycles. The van der Waals surface area contributed by atoms with Crippen molar-refractivity contribution >= 4 is 17.3 Å². The van der Waals surface area contributed by atoms with Crippen LogP contribution >= 0.6 is 0 Å². The van der Waals surface area contributed by atoms with Gasteiger partial charge in [0.15, 0.2) is 0 Å². The Morgan fingerprint density at radius 1 is 1.48 bits per heavy atom. The number of benzene rings is 1. The molecule has 1 aliphatic carbocycles. The van der Waals surface area contributed by atoms with E-state index in [-0.39, 0.29) is 11.9 Å². The third-order valence-electron chi connectivity index (χ3n) is 3.90. The van der Waals surface area contributed by atoms with E-state index in [4.69, 9.17) is 10.5 Å². The van der Waals surface area contributed by atoms with Gasteiger partial charge in [-0.15, -0.1) is 0 Å². The molecule has 116 valence electrons. The number of ether oxygens (including phenoxy) is 1. The number of nitrogens with zero attached hydrogens (tertiary/aromatic N) is 1. The molecule has 2 rings (SSSR count). The molecule has 1 amide bonds. The van der Waals surface area contributed by atoms with Gasteiger partial charge >= 0.3 is 0 Å². The maximum absolute atomic E-state index is 12.2. The molecule has 5 nitrogen and oxygen atoms in total. The summed E-state index contributed by atoms with van der Waals surface area (Å²) in [4.78, 5) is 14.2. The van der Waals surface area contributed by atoms with Crippen LogP contribution in [0, 0.1) is 5.92 Å². The van der Waals surface area contributed by atoms with Gasteiger partial charge in [0.1, 0.15) is 0 Å². The van der Waals surface area contributed by atoms with E-state index in [1.807, 2.05) is 31.0 Å². The second-order valence-electron chi connectivity index (χ2n) is 5.75. The Morgan fingerprint density at radius 3 is 2.86 bits per heavy atom. The lowest BCUT2D eigenvalue weighted by Gasteiger charge is -2.24. The Labute approximate surface area is 126 Å². The maximum atomic E-state index is 12.2. The van der Waals surface area contributed by atoms with Crippen LogP contribution in [0.5, 0.6) is 0 Å². The van der Waals surface area contributed by atoms with Gasteiger partial charge in [-0.25, -0.2) is 0 Å². The molecule has 1 aromatic rings. The number of hydrogen-bond donors (Lipinski definition) is 2. The molecular formula is C16H25N3O2. The van der Waals surface area contributed by atoms with Crippen LogP contribution in [0.4, 0.5) is 11.4 Å². The molecule has 0 spiro atoms. The smallest absolute Gasteiger partial charge is 0.241 e. The van der Waals surface area contributed by atoms with Crippen molar-refractivity contribution in [2.24, 2.45) is 5.92 Å². The predicted octanol–water partition coefficient (Wildman–Crippen LogP) is 1.95. The van der Waals surface area contributed by atoms with Gasteiger partial charge in [-0.05, 0) is 44.9 Å². The summed E-state index contributed by atoms with van der Waals surface area (Å²) >= 11 is 0. The highest BCUT2D eigenvalue weighted by atomic mass is 16.5. The van der Waals surface area contributed by atoms with Gasteiger partial charge in [-0.1, -0.05) is 12.1 Å². The minimum atomic E-state index is -0.228. The van der Waals surface area contributed by atoms with Crippen LogP contribution in [-0.4, -0.2) is 43.7 Å². The van der Waals surface area contributed by atoms with E-state index in [1.165, 1.54) is 12.8 Å². The summed E-state index contributed by atoms with van der Waals surface area (Å²) in [5.41, 5.74) is 7.07. The number of likely N-dealkylation sites (N-methyl/N-ethyl adjacent to an activating group) is 1. The number of carbonyl (C=O) groups is 1. The van der Waals surface area contributed by atoms with E-state index in [0.29, 0.717) is 18.0 Å². The van der Waals surface area contributed by atoms with E-state index in [2.05, 4.69) is 5.32 Å². The van der Waals surface area contributed by atoms with Crippen LogP contribution in [-0.2, 0) is 9.53 Å². The molecule has 0 aliphatic heterocycles. The van der Waals surface area contributed by atoms with Crippen molar-refractivity contribution in [1.29, 1.82) is 0 Å². The number of hydrogen-bond acceptors (Lipinski definition) is 4. The molecule has 5 heteroatoms. The van der Waals surface area contributed by atoms with Gasteiger partial charge in [0.05, 0.1) is 24.0 Å². The number of anilines is 2. The lowest BCUT2D eigenvalue weighted by atomic mass is 10.2. The first kappa shape index (κ1) is 15.8. The zero-order valence-corrected chi connectivity index (χ0v) is 12.8. The summed E-state index contributed by atoms with van der Waals surface area (Å²) in [6, 6.07) is 7.05. The summed E-state index contributed by atoms with van der Waals surface area (Å²) in [6.45, 7) is 4.15. The fourth-order valence-corrected chi connectivity index (χ4v) is 1.98. The fraction of sp³-hybridized carbons (Fsp3) is 0.562. The predicted molar refractivity (Wildman–Crippen MR) is 85.1 cm³/mol. The topological polar surface area (TPSA) is 67.6 Å². The Bertz CT molecular complexity index is 474. The summed E-state index contributed by atoms with van der Waals surface area (Å²) < 4.78 is 5.60. The molecule has 0 heterocycles. The van der Waals surface area contributed by atoms with Gasteiger partial charge in [0.2, 0.25) is 5.91 Å². The van der Waals surface area contributed by atoms with E-state index in [1.54, 1.807) is 12.1 Å². The number of rotatable bonds is 8. The molecule has 0 bridgehead atoms. The summed E-state index contributed by atoms with van der Waals surface area (Å²) in [6.07, 6.45) is 2.60. The Morgan fingerprint density at radius 2 is 2.19 bits per heavy atom. The molecular weight excluding hydrogens is 266 g/mol. The molecule has 0 saturated heterocycles. The van der Waals surface area contributed by atoms with Crippen molar-refractivity contribution in [3.05, 3.63) is 24.3 Å². The molecule has 1 unspecified atom stereocenters. The second kappa shape index (κ2) is 7.43. The molecule has 3 N–H and O–H groups in total. The first-order chi connectivity index (χ1) is 10.1. The van der Waals surface area contributed by atoms with Crippen LogP contribution in [0.15, 0.2) is 24.3 Å². The van der Waals surface area contributed by atoms with E-state index >= 15 is 0 Å². The van der Waals surface area contributed by atoms with Crippen molar-refractivity contribution < 1.29 is 9.53 Å². The quantitative estimate of drug-likeness (QED) is 0.567. The average Bonchev–Trinajstić information content (AvgIpc) is 3.29. The SMILES string of the molecule is CC(C(=O)Nc1ccccc1N)N(C)CCOCC1CC1. The van der Waals surface area contributed by atoms with E-state index in [9.17, 15) is 4.79 Å². The Hall–Kier alpha value is -1.59. The van der Waals surface area contributed by atoms with Gasteiger partial charge in [0, 0.05) is 13.2 Å². The Kier molecular flexibility index (Phi) is 5.59. The lowest BCUT2D eigenvalue weighted by Crippen LogP contribution is -2.41. The Balaban J connectivity index is 1.73. The standard InChI is InChI=1S/C16H25N3O2/c1-12(19(2)9-10-21-11-13-7-8-13)16(20)18-15-6-4-3-5-14(15)17/h3-6,12-13H,7-11,17H2,1-2H3,(H,18,20). The van der Waals surface area contributed by atoms with Gasteiger partial charge < -0.3 is 15.8 Å². The van der Waals surface area contributed by atoms with Crippen LogP contribution in [0.25, 0.3) is 0 Å². The summed E-state index contributed by atoms with van der Waals surface area (Å²) in [5, 5.41) is 2.86. The monoisotopic (exact) mass is 291 g/mol. The first-order valence-corrected chi connectivity index (χ1v) is 7.51. The van der Waals surface area contributed by atoms with Gasteiger partial charge in [-0.2, -0.15) is 0 Å². The average molecular weight is 291 g/mol. The van der Waals surface area contributed by atoms with Crippen molar-refractivity contribution in [3.8, 4) is 0 Å². The number of para-hydroxylation sites is 2. The second-order valence-corrected chi connectivity index (χ2v) is 5.75. The third-order valence-corrected chi connectivity index (χ3v) is 3.90. The molecule has 21 heavy (non-hydrogen) atoms. The normalized spacial score (nSPS) is 16.0. The fourth-order valence-electron chi connectivity index (χ4n) is 1.98. The minimum absolute atomic E-state index is 0.0578. The highest BCUT2D eigenvalue weighted by Gasteiger charge is 2.22. The molecule has 1 aromatic carbocycles. The molecule has 0 radical (unpaired) electrons. The lowest BCUT2D eigenvalue weighted by molar-refractivity contribution is -0.120. The van der Waals surface area contributed by atoms with Crippen LogP contribution in [0.2, 0.25) is 0 Å². The first-order valence-electron chi connectivity index (χ1n) is 7.51. The van der Waals surface area contributed by atoms with Crippen LogP contribution in [0.1, 0.15) is 19.8 Å². The van der Waals surface area contributed by atoms with E-state index < -0.39 is 0 Å². The number of carbonyl (C=O) groups excluding carboxylic acids is 1. The van der Waals surface area contributed by atoms with Crippen molar-refractivity contribution in [2.75, 3.05) is 37.9 Å². The maximum Gasteiger partial charge on any atom is 0.241 e. The van der Waals surface area contributed by atoms with Crippen molar-refractivity contribution in [1.82, 2.24) is 4.90 Å². The van der Waals surface area contributed by atoms with E-state index in [0.717, 1.165) is 19.1 Å². The van der Waals surface area contributed by atoms with Gasteiger partial charge in [0.25, 0.3) is 0 Å². The van der Waals surface area contributed by atoms with Crippen molar-refractivity contribution in [2.45, 2.75) is 25.8 Å². The number of amides is 1. The highest BCUT2D eigenvalue weighted by molar-refractivity contribution is 5.96. The summed E-state index contributed by atoms with van der Waals surface area (Å²) in [5.74, 6) is 0.717. The van der Waals surface area contributed by atoms with Gasteiger partial charge in [-0.3, -0.25) is 9.69 Å². The number of nitrogens with two attached hydrogens (primary N) is 1. The zero-order chi connectivity index (χ0) is 15.2. The van der Waals surface area contributed by atoms with Crippen LogP contribution in [0.3, 0.4) is 0 Å². The molecule has 1 fully saturated rings. The number of nitrogen functional groups attached to an aromatic ring is 1. The number of nitrogens with one attached hydrogen (secondary N) is 1.